The number of likely N-dealkylation sites (N-methyl/N-ethyl adjacent to an activating group) is 1. The standard InChI is InChI=1S/C11H21N3O/c1-12-11(5-2-6-11)10(15)14-9-3-7-13-8-4-9/h9,12-13H,2-8H2,1H3,(H,14,15). The molecule has 1 aliphatic carbocycles. The van der Waals surface area contributed by atoms with Crippen molar-refractivity contribution in [1.29, 1.82) is 0 Å². The molecule has 0 atom stereocenters. The number of hydrogen-bond donors (Lipinski definition) is 3. The van der Waals surface area contributed by atoms with Crippen LogP contribution in [-0.2, 0) is 4.79 Å². The van der Waals surface area contributed by atoms with E-state index in [2.05, 4.69) is 16.0 Å². The van der Waals surface area contributed by atoms with Crippen LogP contribution in [0.15, 0.2) is 0 Å². The summed E-state index contributed by atoms with van der Waals surface area (Å²) in [6.07, 6.45) is 5.26. The van der Waals surface area contributed by atoms with Crippen LogP contribution < -0.4 is 16.0 Å². The number of amides is 1. The Morgan fingerprint density at radius 1 is 1.33 bits per heavy atom. The predicted octanol–water partition coefficient (Wildman–Crippen LogP) is -0.00330. The lowest BCUT2D eigenvalue weighted by Gasteiger charge is -2.41. The van der Waals surface area contributed by atoms with Crippen molar-refractivity contribution in [1.82, 2.24) is 16.0 Å². The molecule has 3 N–H and O–H groups in total. The van der Waals surface area contributed by atoms with Crippen molar-refractivity contribution in [2.24, 2.45) is 0 Å². The van der Waals surface area contributed by atoms with Crippen molar-refractivity contribution in [3.05, 3.63) is 0 Å². The second-order valence-electron chi connectivity index (χ2n) is 4.68. The van der Waals surface area contributed by atoms with Crippen LogP contribution in [0, 0.1) is 0 Å². The van der Waals surface area contributed by atoms with E-state index in [-0.39, 0.29) is 11.4 Å². The van der Waals surface area contributed by atoms with Gasteiger partial charge in [-0.1, -0.05) is 0 Å². The van der Waals surface area contributed by atoms with Crippen LogP contribution in [0.5, 0.6) is 0 Å². The van der Waals surface area contributed by atoms with Crippen LogP contribution in [0.3, 0.4) is 0 Å². The first-order valence-corrected chi connectivity index (χ1v) is 5.97. The van der Waals surface area contributed by atoms with Gasteiger partial charge in [0.2, 0.25) is 5.91 Å². The number of hydrogen-bond acceptors (Lipinski definition) is 3. The Kier molecular flexibility index (Phi) is 3.26. The summed E-state index contributed by atoms with van der Waals surface area (Å²) in [6, 6.07) is 0.379. The molecule has 4 heteroatoms. The van der Waals surface area contributed by atoms with Crippen molar-refractivity contribution in [2.75, 3.05) is 20.1 Å². The van der Waals surface area contributed by atoms with Crippen LogP contribution in [0.2, 0.25) is 0 Å². The van der Waals surface area contributed by atoms with Gasteiger partial charge in [0.1, 0.15) is 0 Å². The van der Waals surface area contributed by atoms with E-state index in [4.69, 9.17) is 0 Å². The van der Waals surface area contributed by atoms with Gasteiger partial charge >= 0.3 is 0 Å². The molecule has 0 radical (unpaired) electrons. The lowest BCUT2D eigenvalue weighted by Crippen LogP contribution is -2.62. The summed E-state index contributed by atoms with van der Waals surface area (Å²) >= 11 is 0. The van der Waals surface area contributed by atoms with Crippen LogP contribution in [0.1, 0.15) is 32.1 Å². The average molecular weight is 211 g/mol. The topological polar surface area (TPSA) is 53.2 Å². The zero-order valence-corrected chi connectivity index (χ0v) is 9.44. The maximum Gasteiger partial charge on any atom is 0.240 e. The van der Waals surface area contributed by atoms with Gasteiger partial charge in [-0.05, 0) is 52.2 Å². The van der Waals surface area contributed by atoms with Crippen molar-refractivity contribution >= 4 is 5.91 Å². The molecule has 2 aliphatic rings. The zero-order chi connectivity index (χ0) is 10.7. The second kappa shape index (κ2) is 4.49. The molecule has 1 heterocycles. The maximum absolute atomic E-state index is 12.1. The largest absolute Gasteiger partial charge is 0.352 e. The molecule has 1 amide bonds. The minimum Gasteiger partial charge on any atom is -0.352 e. The Bertz CT molecular complexity index is 226. The SMILES string of the molecule is CNC1(C(=O)NC2CCNCC2)CCC1. The van der Waals surface area contributed by atoms with Crippen LogP contribution in [0.25, 0.3) is 0 Å². The van der Waals surface area contributed by atoms with E-state index >= 15 is 0 Å². The number of piperidine rings is 1. The third-order valence-electron chi connectivity index (χ3n) is 3.79. The smallest absolute Gasteiger partial charge is 0.240 e. The average Bonchev–Trinajstić information content (AvgIpc) is 2.18. The number of carbonyl (C=O) groups is 1. The van der Waals surface area contributed by atoms with Gasteiger partial charge in [0.05, 0.1) is 5.54 Å². The van der Waals surface area contributed by atoms with Crippen molar-refractivity contribution in [3.8, 4) is 0 Å². The van der Waals surface area contributed by atoms with Crippen LogP contribution >= 0.6 is 0 Å². The van der Waals surface area contributed by atoms with Gasteiger partial charge in [-0.2, -0.15) is 0 Å². The van der Waals surface area contributed by atoms with E-state index in [0.29, 0.717) is 6.04 Å². The first kappa shape index (κ1) is 10.9. The Morgan fingerprint density at radius 2 is 2.00 bits per heavy atom. The molecule has 0 aromatic heterocycles. The highest BCUT2D eigenvalue weighted by molar-refractivity contribution is 5.87. The molecule has 0 unspecified atom stereocenters. The normalized spacial score (nSPS) is 25.7. The van der Waals surface area contributed by atoms with Gasteiger partial charge in [0.15, 0.2) is 0 Å². The van der Waals surface area contributed by atoms with E-state index in [1.54, 1.807) is 0 Å². The Morgan fingerprint density at radius 3 is 2.47 bits per heavy atom. The molecular weight excluding hydrogens is 190 g/mol. The molecule has 15 heavy (non-hydrogen) atoms. The Labute approximate surface area is 91.2 Å². The van der Waals surface area contributed by atoms with Crippen LogP contribution in [0.4, 0.5) is 0 Å². The number of carbonyl (C=O) groups excluding carboxylic acids is 1. The number of nitrogens with one attached hydrogen (secondary N) is 3. The molecule has 1 aliphatic heterocycles. The van der Waals surface area contributed by atoms with E-state index < -0.39 is 0 Å². The molecule has 1 saturated carbocycles. The van der Waals surface area contributed by atoms with Crippen molar-refractivity contribution in [3.63, 3.8) is 0 Å². The molecule has 1 saturated heterocycles. The highest BCUT2D eigenvalue weighted by atomic mass is 16.2. The summed E-state index contributed by atoms with van der Waals surface area (Å²) in [4.78, 5) is 12.1. The van der Waals surface area contributed by atoms with E-state index in [1.807, 2.05) is 7.05 Å². The minimum absolute atomic E-state index is 0.211. The maximum atomic E-state index is 12.1. The highest BCUT2D eigenvalue weighted by Gasteiger charge is 2.43. The summed E-state index contributed by atoms with van der Waals surface area (Å²) in [5.74, 6) is 0.211. The molecule has 2 fully saturated rings. The second-order valence-corrected chi connectivity index (χ2v) is 4.68. The molecule has 86 valence electrons. The van der Waals surface area contributed by atoms with Gasteiger partial charge in [-0.3, -0.25) is 4.79 Å². The summed E-state index contributed by atoms with van der Waals surface area (Å²) < 4.78 is 0. The van der Waals surface area contributed by atoms with Gasteiger partial charge in [-0.25, -0.2) is 0 Å². The summed E-state index contributed by atoms with van der Waals surface area (Å²) in [5.41, 5.74) is -0.245. The molecule has 0 bridgehead atoms. The molecule has 0 aromatic rings. The predicted molar refractivity (Wildman–Crippen MR) is 59.7 cm³/mol. The zero-order valence-electron chi connectivity index (χ0n) is 9.44. The number of rotatable bonds is 3. The summed E-state index contributed by atoms with van der Waals surface area (Å²) in [5, 5.41) is 9.65. The van der Waals surface area contributed by atoms with Gasteiger partial charge in [0.25, 0.3) is 0 Å². The van der Waals surface area contributed by atoms with E-state index in [0.717, 1.165) is 38.8 Å². The minimum atomic E-state index is -0.245. The fourth-order valence-corrected chi connectivity index (χ4v) is 2.41. The molecule has 2 rings (SSSR count). The van der Waals surface area contributed by atoms with E-state index in [1.165, 1.54) is 6.42 Å². The fraction of sp³-hybridized carbons (Fsp3) is 0.909. The first-order valence-electron chi connectivity index (χ1n) is 5.97. The monoisotopic (exact) mass is 211 g/mol. The summed E-state index contributed by atoms with van der Waals surface area (Å²) in [6.45, 7) is 2.05. The van der Waals surface area contributed by atoms with Gasteiger partial charge in [0, 0.05) is 6.04 Å². The van der Waals surface area contributed by atoms with E-state index in [9.17, 15) is 4.79 Å². The Balaban J connectivity index is 1.85. The van der Waals surface area contributed by atoms with Crippen molar-refractivity contribution < 1.29 is 4.79 Å². The molecular formula is C11H21N3O. The van der Waals surface area contributed by atoms with Crippen molar-refractivity contribution in [2.45, 2.75) is 43.7 Å². The third kappa shape index (κ3) is 2.16. The van der Waals surface area contributed by atoms with Gasteiger partial charge in [-0.15, -0.1) is 0 Å². The fourth-order valence-electron chi connectivity index (χ4n) is 2.41. The Hall–Kier alpha value is -0.610. The highest BCUT2D eigenvalue weighted by Crippen LogP contribution is 2.31. The quantitative estimate of drug-likeness (QED) is 0.616. The van der Waals surface area contributed by atoms with Gasteiger partial charge < -0.3 is 16.0 Å². The lowest BCUT2D eigenvalue weighted by molar-refractivity contribution is -0.131. The third-order valence-corrected chi connectivity index (χ3v) is 3.79. The molecule has 4 nitrogen and oxygen atoms in total. The molecule has 0 aromatic carbocycles. The summed E-state index contributed by atoms with van der Waals surface area (Å²) in [7, 11) is 1.89. The lowest BCUT2D eigenvalue weighted by atomic mass is 9.76. The first-order chi connectivity index (χ1) is 7.27. The van der Waals surface area contributed by atoms with Crippen LogP contribution in [-0.4, -0.2) is 37.6 Å². The molecule has 0 spiro atoms.